The van der Waals surface area contributed by atoms with Gasteiger partial charge in [-0.2, -0.15) is 0 Å². The van der Waals surface area contributed by atoms with Crippen LogP contribution in [0.25, 0.3) is 0 Å². The van der Waals surface area contributed by atoms with Gasteiger partial charge in [0.1, 0.15) is 0 Å². The van der Waals surface area contributed by atoms with Gasteiger partial charge in [-0.05, 0) is 37.5 Å². The van der Waals surface area contributed by atoms with E-state index in [1.54, 1.807) is 0 Å². The van der Waals surface area contributed by atoms with Crippen LogP contribution in [-0.2, 0) is 0 Å². The van der Waals surface area contributed by atoms with Gasteiger partial charge >= 0.3 is 0 Å². The maximum atomic E-state index is 9.16. The van der Waals surface area contributed by atoms with E-state index in [-0.39, 0.29) is 36.5 Å². The Labute approximate surface area is 163 Å². The molecule has 24 heavy (non-hydrogen) atoms. The number of aliphatic hydroxyl groups is 1. The SMILES string of the molecule is CCNC(=NCC(C)CO)N1CCN(c2cccc(C)c2)CC1.I. The van der Waals surface area contributed by atoms with Gasteiger partial charge in [-0.3, -0.25) is 4.99 Å². The summed E-state index contributed by atoms with van der Waals surface area (Å²) in [6.45, 7) is 11.9. The lowest BCUT2D eigenvalue weighted by atomic mass is 10.2. The molecule has 2 N–H and O–H groups in total. The van der Waals surface area contributed by atoms with Gasteiger partial charge in [-0.25, -0.2) is 0 Å². The number of aryl methyl sites for hydroxylation is 1. The lowest BCUT2D eigenvalue weighted by Crippen LogP contribution is -2.52. The summed E-state index contributed by atoms with van der Waals surface area (Å²) in [6, 6.07) is 8.69. The van der Waals surface area contributed by atoms with E-state index in [0.717, 1.165) is 38.7 Å². The number of piperazine rings is 1. The zero-order valence-corrected chi connectivity index (χ0v) is 17.4. The maximum Gasteiger partial charge on any atom is 0.194 e. The van der Waals surface area contributed by atoms with Crippen molar-refractivity contribution in [2.45, 2.75) is 20.8 Å². The molecule has 136 valence electrons. The summed E-state index contributed by atoms with van der Waals surface area (Å²) in [4.78, 5) is 9.43. The van der Waals surface area contributed by atoms with Crippen LogP contribution in [-0.4, -0.2) is 61.8 Å². The Hall–Kier alpha value is -1.02. The van der Waals surface area contributed by atoms with Crippen molar-refractivity contribution in [2.75, 3.05) is 50.8 Å². The van der Waals surface area contributed by atoms with Crippen molar-refractivity contribution in [1.82, 2.24) is 10.2 Å². The molecule has 0 spiro atoms. The number of aliphatic imine (C=N–C) groups is 1. The second-order valence-electron chi connectivity index (χ2n) is 6.30. The molecule has 1 aromatic rings. The number of nitrogens with zero attached hydrogens (tertiary/aromatic N) is 3. The molecule has 1 aliphatic rings. The second-order valence-corrected chi connectivity index (χ2v) is 6.30. The zero-order valence-electron chi connectivity index (χ0n) is 15.0. The number of hydrogen-bond donors (Lipinski definition) is 2. The van der Waals surface area contributed by atoms with Gasteiger partial charge in [0, 0.05) is 51.6 Å². The lowest BCUT2D eigenvalue weighted by molar-refractivity contribution is 0.241. The predicted octanol–water partition coefficient (Wildman–Crippen LogP) is 2.33. The number of anilines is 1. The molecular formula is C18H31IN4O. The van der Waals surface area contributed by atoms with Gasteiger partial charge in [0.25, 0.3) is 0 Å². The van der Waals surface area contributed by atoms with E-state index in [2.05, 4.69) is 58.2 Å². The summed E-state index contributed by atoms with van der Waals surface area (Å²) in [6.07, 6.45) is 0. The average molecular weight is 446 g/mol. The van der Waals surface area contributed by atoms with Gasteiger partial charge in [0.2, 0.25) is 0 Å². The summed E-state index contributed by atoms with van der Waals surface area (Å²) < 4.78 is 0. The van der Waals surface area contributed by atoms with Crippen LogP contribution in [0, 0.1) is 12.8 Å². The van der Waals surface area contributed by atoms with Crippen molar-refractivity contribution in [1.29, 1.82) is 0 Å². The Kier molecular flexibility index (Phi) is 9.43. The van der Waals surface area contributed by atoms with Crippen molar-refractivity contribution < 1.29 is 5.11 Å². The van der Waals surface area contributed by atoms with Crippen LogP contribution in [0.5, 0.6) is 0 Å². The molecule has 1 atom stereocenters. The van der Waals surface area contributed by atoms with Crippen molar-refractivity contribution in [2.24, 2.45) is 10.9 Å². The van der Waals surface area contributed by atoms with Crippen LogP contribution in [0.3, 0.4) is 0 Å². The van der Waals surface area contributed by atoms with E-state index < -0.39 is 0 Å². The molecule has 0 saturated carbocycles. The Morgan fingerprint density at radius 2 is 2.00 bits per heavy atom. The third kappa shape index (κ3) is 6.12. The highest BCUT2D eigenvalue weighted by atomic mass is 127. The molecule has 0 bridgehead atoms. The molecule has 2 rings (SSSR count). The minimum atomic E-state index is 0. The molecule has 0 amide bonds. The number of hydrogen-bond acceptors (Lipinski definition) is 3. The highest BCUT2D eigenvalue weighted by molar-refractivity contribution is 14.0. The van der Waals surface area contributed by atoms with Crippen LogP contribution in [0.2, 0.25) is 0 Å². The average Bonchev–Trinajstić information content (AvgIpc) is 2.58. The Morgan fingerprint density at radius 3 is 2.58 bits per heavy atom. The summed E-state index contributed by atoms with van der Waals surface area (Å²) in [5.74, 6) is 1.17. The third-order valence-electron chi connectivity index (χ3n) is 4.15. The summed E-state index contributed by atoms with van der Waals surface area (Å²) in [5, 5.41) is 12.5. The fourth-order valence-electron chi connectivity index (χ4n) is 2.73. The van der Waals surface area contributed by atoms with Crippen LogP contribution in [0.1, 0.15) is 19.4 Å². The molecule has 1 aliphatic heterocycles. The fourth-order valence-corrected chi connectivity index (χ4v) is 2.73. The van der Waals surface area contributed by atoms with E-state index >= 15 is 0 Å². The van der Waals surface area contributed by atoms with Crippen molar-refractivity contribution in [3.05, 3.63) is 29.8 Å². The van der Waals surface area contributed by atoms with E-state index in [0.29, 0.717) is 6.54 Å². The fraction of sp³-hybridized carbons (Fsp3) is 0.611. The molecule has 5 nitrogen and oxygen atoms in total. The van der Waals surface area contributed by atoms with E-state index in [1.807, 2.05) is 6.92 Å². The first-order valence-electron chi connectivity index (χ1n) is 8.59. The first kappa shape index (κ1) is 21.0. The van der Waals surface area contributed by atoms with Crippen molar-refractivity contribution in [3.63, 3.8) is 0 Å². The first-order valence-corrected chi connectivity index (χ1v) is 8.59. The van der Waals surface area contributed by atoms with Crippen LogP contribution < -0.4 is 10.2 Å². The standard InChI is InChI=1S/C18H30N4O.HI/c1-4-19-18(20-13-16(3)14-23)22-10-8-21(9-11-22)17-7-5-6-15(2)12-17;/h5-7,12,16,23H,4,8-11,13-14H2,1-3H3,(H,19,20);1H. The molecule has 0 aromatic heterocycles. The number of halogens is 1. The third-order valence-corrected chi connectivity index (χ3v) is 4.15. The molecular weight excluding hydrogens is 415 g/mol. The number of benzene rings is 1. The molecule has 0 aliphatic carbocycles. The van der Waals surface area contributed by atoms with E-state index in [9.17, 15) is 0 Å². The predicted molar refractivity (Wildman–Crippen MR) is 113 cm³/mol. The summed E-state index contributed by atoms with van der Waals surface area (Å²) >= 11 is 0. The van der Waals surface area contributed by atoms with Gasteiger partial charge in [-0.15, -0.1) is 24.0 Å². The van der Waals surface area contributed by atoms with Crippen molar-refractivity contribution >= 4 is 35.6 Å². The number of guanidine groups is 1. The Bertz CT molecular complexity index is 515. The highest BCUT2D eigenvalue weighted by Crippen LogP contribution is 2.17. The molecule has 1 fully saturated rings. The van der Waals surface area contributed by atoms with E-state index in [4.69, 9.17) is 5.11 Å². The molecule has 1 heterocycles. The second kappa shape index (κ2) is 10.8. The molecule has 1 aromatic carbocycles. The topological polar surface area (TPSA) is 51.1 Å². The quantitative estimate of drug-likeness (QED) is 0.414. The molecule has 1 unspecified atom stereocenters. The normalized spacial score (nSPS) is 16.6. The zero-order chi connectivity index (χ0) is 16.7. The Morgan fingerprint density at radius 1 is 1.29 bits per heavy atom. The number of rotatable bonds is 5. The highest BCUT2D eigenvalue weighted by Gasteiger charge is 2.20. The number of nitrogens with one attached hydrogen (secondary N) is 1. The van der Waals surface area contributed by atoms with Gasteiger partial charge in [-0.1, -0.05) is 19.1 Å². The molecule has 6 heteroatoms. The lowest BCUT2D eigenvalue weighted by Gasteiger charge is -2.38. The van der Waals surface area contributed by atoms with Crippen LogP contribution in [0.4, 0.5) is 5.69 Å². The van der Waals surface area contributed by atoms with Crippen LogP contribution >= 0.6 is 24.0 Å². The van der Waals surface area contributed by atoms with Gasteiger partial charge in [0.05, 0.1) is 0 Å². The molecule has 1 saturated heterocycles. The minimum absolute atomic E-state index is 0. The van der Waals surface area contributed by atoms with E-state index in [1.165, 1.54) is 11.3 Å². The van der Waals surface area contributed by atoms with Gasteiger partial charge < -0.3 is 20.2 Å². The first-order chi connectivity index (χ1) is 11.1. The summed E-state index contributed by atoms with van der Waals surface area (Å²) in [7, 11) is 0. The maximum absolute atomic E-state index is 9.16. The smallest absolute Gasteiger partial charge is 0.194 e. The van der Waals surface area contributed by atoms with Gasteiger partial charge in [0.15, 0.2) is 5.96 Å². The largest absolute Gasteiger partial charge is 0.396 e. The Balaban J connectivity index is 0.00000288. The number of aliphatic hydroxyl groups excluding tert-OH is 1. The van der Waals surface area contributed by atoms with Crippen LogP contribution in [0.15, 0.2) is 29.3 Å². The van der Waals surface area contributed by atoms with Crippen molar-refractivity contribution in [3.8, 4) is 0 Å². The summed E-state index contributed by atoms with van der Waals surface area (Å²) in [5.41, 5.74) is 2.61. The monoisotopic (exact) mass is 446 g/mol. The minimum Gasteiger partial charge on any atom is -0.396 e. The molecule has 0 radical (unpaired) electrons.